The molecule has 0 aromatic heterocycles. The van der Waals surface area contributed by atoms with Crippen LogP contribution in [0.4, 0.5) is 0 Å². The zero-order chi connectivity index (χ0) is 20.8. The zero-order valence-electron chi connectivity index (χ0n) is 20.1. The van der Waals surface area contributed by atoms with Crippen molar-refractivity contribution in [2.75, 3.05) is 0 Å². The molecule has 1 heteroatoms. The van der Waals surface area contributed by atoms with Crippen molar-refractivity contribution in [2.24, 2.45) is 46.3 Å². The van der Waals surface area contributed by atoms with Gasteiger partial charge in [-0.1, -0.05) is 72.0 Å². The van der Waals surface area contributed by atoms with Gasteiger partial charge in [-0.05, 0) is 97.7 Å². The normalized spacial score (nSPS) is 45.3. The van der Waals surface area contributed by atoms with Crippen LogP contribution in [0.15, 0.2) is 11.6 Å². The van der Waals surface area contributed by atoms with Gasteiger partial charge in [-0.25, -0.2) is 0 Å². The number of hydrogen-bond donors (Lipinski definition) is 1. The summed E-state index contributed by atoms with van der Waals surface area (Å²) < 4.78 is 0. The van der Waals surface area contributed by atoms with E-state index in [9.17, 15) is 5.11 Å². The van der Waals surface area contributed by atoms with Crippen LogP contribution in [0.1, 0.15) is 112 Å². The highest BCUT2D eigenvalue weighted by Gasteiger charge is 2.59. The van der Waals surface area contributed by atoms with Crippen LogP contribution in [0.3, 0.4) is 0 Å². The Morgan fingerprint density at radius 2 is 1.76 bits per heavy atom. The van der Waals surface area contributed by atoms with Gasteiger partial charge in [0.1, 0.15) is 0 Å². The van der Waals surface area contributed by atoms with Crippen LogP contribution < -0.4 is 0 Å². The van der Waals surface area contributed by atoms with Crippen molar-refractivity contribution in [3.05, 3.63) is 11.6 Å². The lowest BCUT2D eigenvalue weighted by Gasteiger charge is -2.58. The number of hydrogen-bond acceptors (Lipinski definition) is 1. The third-order valence-corrected chi connectivity index (χ3v) is 11.0. The molecule has 3 saturated carbocycles. The number of aliphatic hydroxyl groups excluding tert-OH is 1. The molecular weight excluding hydrogens is 352 g/mol. The van der Waals surface area contributed by atoms with Gasteiger partial charge in [0.2, 0.25) is 0 Å². The molecule has 0 unspecified atom stereocenters. The first-order valence-electron chi connectivity index (χ1n) is 13.2. The highest BCUT2D eigenvalue weighted by Crippen LogP contribution is 2.67. The lowest BCUT2D eigenvalue weighted by molar-refractivity contribution is -0.0574. The average molecular weight is 401 g/mol. The molecule has 4 aliphatic rings. The fraction of sp³-hybridized carbons (Fsp3) is 0.929. The van der Waals surface area contributed by atoms with Crippen LogP contribution in [-0.2, 0) is 0 Å². The molecule has 0 aliphatic heterocycles. The third kappa shape index (κ3) is 3.66. The molecule has 3 fully saturated rings. The largest absolute Gasteiger partial charge is 0.393 e. The smallest absolute Gasteiger partial charge is 0.0577 e. The van der Waals surface area contributed by atoms with Gasteiger partial charge in [0.25, 0.3) is 0 Å². The van der Waals surface area contributed by atoms with Crippen LogP contribution in [0, 0.1) is 46.3 Å². The van der Waals surface area contributed by atoms with Gasteiger partial charge in [-0.2, -0.15) is 0 Å². The summed E-state index contributed by atoms with van der Waals surface area (Å²) in [5.74, 6) is 5.54. The first-order chi connectivity index (χ1) is 13.8. The third-order valence-electron chi connectivity index (χ3n) is 11.0. The topological polar surface area (TPSA) is 20.2 Å². The number of aliphatic hydroxyl groups is 1. The maximum atomic E-state index is 10.2. The first kappa shape index (κ1) is 21.9. The van der Waals surface area contributed by atoms with E-state index in [1.165, 1.54) is 64.2 Å². The summed E-state index contributed by atoms with van der Waals surface area (Å²) in [5, 5.41) is 10.2. The van der Waals surface area contributed by atoms with Gasteiger partial charge in [0.05, 0.1) is 6.10 Å². The fourth-order valence-electron chi connectivity index (χ4n) is 9.01. The summed E-state index contributed by atoms with van der Waals surface area (Å²) in [5.41, 5.74) is 2.60. The Hall–Kier alpha value is -0.300. The van der Waals surface area contributed by atoms with E-state index in [1.54, 1.807) is 5.57 Å². The highest BCUT2D eigenvalue weighted by molar-refractivity contribution is 5.25. The van der Waals surface area contributed by atoms with Gasteiger partial charge in [0.15, 0.2) is 0 Å². The van der Waals surface area contributed by atoms with Crippen LogP contribution >= 0.6 is 0 Å². The Kier molecular flexibility index (Phi) is 6.29. The Morgan fingerprint density at radius 1 is 1.00 bits per heavy atom. The minimum absolute atomic E-state index is 0.0773. The number of fused-ring (bicyclic) bond motifs is 5. The van der Waals surface area contributed by atoms with E-state index in [2.05, 4.69) is 40.7 Å². The van der Waals surface area contributed by atoms with E-state index in [1.807, 2.05) is 0 Å². The van der Waals surface area contributed by atoms with E-state index in [4.69, 9.17) is 0 Å². The quantitative estimate of drug-likeness (QED) is 0.451. The van der Waals surface area contributed by atoms with Crippen molar-refractivity contribution in [1.82, 2.24) is 0 Å². The molecule has 0 heterocycles. The Bertz CT molecular complexity index is 603. The van der Waals surface area contributed by atoms with Crippen molar-refractivity contribution >= 4 is 0 Å². The summed E-state index contributed by atoms with van der Waals surface area (Å²) in [4.78, 5) is 0. The monoisotopic (exact) mass is 400 g/mol. The lowest BCUT2D eigenvalue weighted by atomic mass is 9.47. The molecule has 0 bridgehead atoms. The van der Waals surface area contributed by atoms with Crippen LogP contribution in [-0.4, -0.2) is 11.2 Å². The molecule has 4 rings (SSSR count). The Labute approximate surface area is 181 Å². The van der Waals surface area contributed by atoms with Crippen molar-refractivity contribution in [1.29, 1.82) is 0 Å². The maximum Gasteiger partial charge on any atom is 0.0577 e. The van der Waals surface area contributed by atoms with Gasteiger partial charge >= 0.3 is 0 Å². The highest BCUT2D eigenvalue weighted by atomic mass is 16.3. The molecule has 29 heavy (non-hydrogen) atoms. The molecule has 0 aromatic carbocycles. The van der Waals surface area contributed by atoms with Crippen LogP contribution in [0.25, 0.3) is 0 Å². The van der Waals surface area contributed by atoms with E-state index >= 15 is 0 Å². The van der Waals surface area contributed by atoms with E-state index in [0.29, 0.717) is 10.8 Å². The van der Waals surface area contributed by atoms with Gasteiger partial charge in [-0.3, -0.25) is 0 Å². The molecule has 1 nitrogen and oxygen atoms in total. The SMILES string of the molecule is CCC(CC)CC[C@@H](C)[C@@H]1CC[C@H]2[C@@H]3CC=C4C[C@@H](O)CC[C@]4(C)[C@@H]3CC[C@]21C. The van der Waals surface area contributed by atoms with Crippen molar-refractivity contribution < 1.29 is 5.11 Å². The number of allylic oxidation sites excluding steroid dienone is 1. The second-order valence-corrected chi connectivity index (χ2v) is 12.1. The van der Waals surface area contributed by atoms with Crippen LogP contribution in [0.2, 0.25) is 0 Å². The molecule has 8 atom stereocenters. The summed E-state index contributed by atoms with van der Waals surface area (Å²) in [6, 6.07) is 0. The minimum Gasteiger partial charge on any atom is -0.393 e. The summed E-state index contributed by atoms with van der Waals surface area (Å²) in [6.45, 7) is 12.6. The predicted molar refractivity (Wildman–Crippen MR) is 124 cm³/mol. The fourth-order valence-corrected chi connectivity index (χ4v) is 9.01. The molecule has 0 spiro atoms. The zero-order valence-corrected chi connectivity index (χ0v) is 20.1. The molecule has 166 valence electrons. The van der Waals surface area contributed by atoms with E-state index in [-0.39, 0.29) is 6.10 Å². The molecule has 0 amide bonds. The second kappa shape index (κ2) is 8.33. The molecule has 0 radical (unpaired) electrons. The van der Waals surface area contributed by atoms with Crippen molar-refractivity contribution in [2.45, 2.75) is 118 Å². The lowest BCUT2D eigenvalue weighted by Crippen LogP contribution is -2.50. The summed E-state index contributed by atoms with van der Waals surface area (Å²) in [7, 11) is 0. The molecule has 1 N–H and O–H groups in total. The summed E-state index contributed by atoms with van der Waals surface area (Å²) in [6.07, 6.45) is 18.5. The van der Waals surface area contributed by atoms with Crippen LogP contribution in [0.5, 0.6) is 0 Å². The van der Waals surface area contributed by atoms with E-state index in [0.717, 1.165) is 48.3 Å². The van der Waals surface area contributed by atoms with Crippen molar-refractivity contribution in [3.63, 3.8) is 0 Å². The predicted octanol–water partition coefficient (Wildman–Crippen LogP) is 7.78. The van der Waals surface area contributed by atoms with Gasteiger partial charge in [0, 0.05) is 0 Å². The molecule has 4 aliphatic carbocycles. The minimum atomic E-state index is -0.0773. The molecule has 0 aromatic rings. The Morgan fingerprint density at radius 3 is 2.48 bits per heavy atom. The standard InChI is InChI=1S/C28H48O/c1-6-20(7-2)9-8-19(3)24-12-13-25-23-11-10-21-18-22(29)14-16-27(21,4)26(23)15-17-28(24,25)5/h10,19-20,22-26,29H,6-9,11-18H2,1-5H3/t19-,22+,23+,24+,25+,26-,27+,28+/m1/s1. The van der Waals surface area contributed by atoms with Crippen molar-refractivity contribution in [3.8, 4) is 0 Å². The van der Waals surface area contributed by atoms with Gasteiger partial charge in [-0.15, -0.1) is 0 Å². The first-order valence-corrected chi connectivity index (χ1v) is 13.2. The maximum absolute atomic E-state index is 10.2. The van der Waals surface area contributed by atoms with E-state index < -0.39 is 0 Å². The Balaban J connectivity index is 1.48. The second-order valence-electron chi connectivity index (χ2n) is 12.1. The van der Waals surface area contributed by atoms with Gasteiger partial charge < -0.3 is 5.11 Å². The molecular formula is C28H48O. The molecule has 0 saturated heterocycles. The average Bonchev–Trinajstić information content (AvgIpc) is 3.06. The summed E-state index contributed by atoms with van der Waals surface area (Å²) >= 11 is 0. The number of rotatable bonds is 6.